The molecule has 0 aromatic heterocycles. The normalized spacial score (nSPS) is 12.1. The number of carbonyl (C=O) groups excluding carboxylic acids is 1. The maximum Gasteiger partial charge on any atom is 0.306 e. The zero-order valence-electron chi connectivity index (χ0n) is 10.5. The summed E-state index contributed by atoms with van der Waals surface area (Å²) in [5.41, 5.74) is 1.10. The van der Waals surface area contributed by atoms with E-state index in [1.54, 1.807) is 12.1 Å². The molecule has 0 saturated heterocycles. The van der Waals surface area contributed by atoms with Crippen LogP contribution in [0, 0.1) is 5.92 Å². The first-order valence-electron chi connectivity index (χ1n) is 6.05. The summed E-state index contributed by atoms with van der Waals surface area (Å²) >= 11 is 0. The molecule has 0 aliphatic rings. The Kier molecular flexibility index (Phi) is 5.53. The Morgan fingerprint density at radius 3 is 2.88 bits per heavy atom. The molecule has 1 atom stereocenters. The van der Waals surface area contributed by atoms with Gasteiger partial charge in [0.15, 0.2) is 0 Å². The number of aromatic hydroxyl groups is 1. The number of phenolic OH excluding ortho intramolecular Hbond substituents is 1. The van der Waals surface area contributed by atoms with Gasteiger partial charge in [0.05, 0.1) is 6.61 Å². The van der Waals surface area contributed by atoms with Crippen LogP contribution in [-0.4, -0.2) is 17.7 Å². The molecule has 17 heavy (non-hydrogen) atoms. The van der Waals surface area contributed by atoms with E-state index in [1.807, 2.05) is 26.0 Å². The van der Waals surface area contributed by atoms with Crippen molar-refractivity contribution in [1.29, 1.82) is 0 Å². The first kappa shape index (κ1) is 13.6. The molecule has 94 valence electrons. The number of esters is 1. The van der Waals surface area contributed by atoms with Crippen molar-refractivity contribution in [2.24, 2.45) is 5.92 Å². The second kappa shape index (κ2) is 6.94. The zero-order chi connectivity index (χ0) is 12.7. The minimum Gasteiger partial charge on any atom is -0.508 e. The second-order valence-corrected chi connectivity index (χ2v) is 4.32. The first-order chi connectivity index (χ1) is 8.11. The molecule has 0 spiro atoms. The standard InChI is InChI=1S/C14H20O3/c1-3-17-14(16)9-11(2)7-8-12-5-4-6-13(15)10-12/h4-6,10-11,15H,3,7-9H2,1-2H3/t11-/m1/s1. The second-order valence-electron chi connectivity index (χ2n) is 4.32. The molecule has 0 unspecified atom stereocenters. The average molecular weight is 236 g/mol. The summed E-state index contributed by atoms with van der Waals surface area (Å²) in [6, 6.07) is 7.24. The van der Waals surface area contributed by atoms with Crippen molar-refractivity contribution in [2.75, 3.05) is 6.61 Å². The quantitative estimate of drug-likeness (QED) is 0.772. The predicted octanol–water partition coefficient (Wildman–Crippen LogP) is 2.91. The van der Waals surface area contributed by atoms with E-state index in [1.165, 1.54) is 0 Å². The molecule has 1 aromatic carbocycles. The predicted molar refractivity (Wildman–Crippen MR) is 66.8 cm³/mol. The number of hydrogen-bond donors (Lipinski definition) is 1. The van der Waals surface area contributed by atoms with Crippen LogP contribution in [0.15, 0.2) is 24.3 Å². The summed E-state index contributed by atoms with van der Waals surface area (Å²) in [6.07, 6.45) is 2.25. The summed E-state index contributed by atoms with van der Waals surface area (Å²) < 4.78 is 4.90. The van der Waals surface area contributed by atoms with Crippen molar-refractivity contribution in [2.45, 2.75) is 33.1 Å². The number of hydrogen-bond acceptors (Lipinski definition) is 3. The van der Waals surface area contributed by atoms with Crippen molar-refractivity contribution in [1.82, 2.24) is 0 Å². The van der Waals surface area contributed by atoms with E-state index in [2.05, 4.69) is 0 Å². The third kappa shape index (κ3) is 5.38. The molecule has 0 heterocycles. The van der Waals surface area contributed by atoms with Gasteiger partial charge < -0.3 is 9.84 Å². The van der Waals surface area contributed by atoms with Crippen molar-refractivity contribution in [3.8, 4) is 5.75 Å². The molecular weight excluding hydrogens is 216 g/mol. The molecule has 0 aliphatic carbocycles. The van der Waals surface area contributed by atoms with Crippen LogP contribution in [0.4, 0.5) is 0 Å². The number of ether oxygens (including phenoxy) is 1. The van der Waals surface area contributed by atoms with E-state index in [0.717, 1.165) is 18.4 Å². The largest absolute Gasteiger partial charge is 0.508 e. The van der Waals surface area contributed by atoms with Crippen LogP contribution in [0.1, 0.15) is 32.3 Å². The lowest BCUT2D eigenvalue weighted by Gasteiger charge is -2.10. The molecule has 1 rings (SSSR count). The molecule has 0 bridgehead atoms. The van der Waals surface area contributed by atoms with Crippen molar-refractivity contribution < 1.29 is 14.6 Å². The summed E-state index contributed by atoms with van der Waals surface area (Å²) in [5.74, 6) is 0.466. The Morgan fingerprint density at radius 1 is 1.47 bits per heavy atom. The van der Waals surface area contributed by atoms with Gasteiger partial charge in [-0.2, -0.15) is 0 Å². The van der Waals surface area contributed by atoms with Crippen LogP contribution in [-0.2, 0) is 16.0 Å². The SMILES string of the molecule is CCOC(=O)C[C@H](C)CCc1cccc(O)c1. The summed E-state index contributed by atoms with van der Waals surface area (Å²) in [4.78, 5) is 11.3. The Bertz CT molecular complexity index is 360. The van der Waals surface area contributed by atoms with E-state index in [-0.39, 0.29) is 5.97 Å². The van der Waals surface area contributed by atoms with Crippen LogP contribution >= 0.6 is 0 Å². The summed E-state index contributed by atoms with van der Waals surface area (Å²) in [7, 11) is 0. The molecule has 3 heteroatoms. The van der Waals surface area contributed by atoms with Gasteiger partial charge in [-0.05, 0) is 43.4 Å². The zero-order valence-corrected chi connectivity index (χ0v) is 10.5. The molecule has 0 aliphatic heterocycles. The van der Waals surface area contributed by atoms with Crippen LogP contribution in [0.3, 0.4) is 0 Å². The molecule has 0 fully saturated rings. The smallest absolute Gasteiger partial charge is 0.306 e. The van der Waals surface area contributed by atoms with Crippen LogP contribution in [0.5, 0.6) is 5.75 Å². The van der Waals surface area contributed by atoms with Crippen LogP contribution in [0.2, 0.25) is 0 Å². The minimum absolute atomic E-state index is 0.129. The third-order valence-corrected chi connectivity index (χ3v) is 2.66. The number of rotatable bonds is 6. The van der Waals surface area contributed by atoms with Gasteiger partial charge in [-0.25, -0.2) is 0 Å². The Labute approximate surface area is 102 Å². The van der Waals surface area contributed by atoms with Crippen molar-refractivity contribution in [3.63, 3.8) is 0 Å². The first-order valence-corrected chi connectivity index (χ1v) is 6.05. The fourth-order valence-corrected chi connectivity index (χ4v) is 1.73. The lowest BCUT2D eigenvalue weighted by Crippen LogP contribution is -2.10. The van der Waals surface area contributed by atoms with Gasteiger partial charge in [-0.15, -0.1) is 0 Å². The Morgan fingerprint density at radius 2 is 2.24 bits per heavy atom. The molecule has 0 amide bonds. The Balaban J connectivity index is 2.33. The van der Waals surface area contributed by atoms with Gasteiger partial charge in [0.25, 0.3) is 0 Å². The van der Waals surface area contributed by atoms with Crippen LogP contribution in [0.25, 0.3) is 0 Å². The highest BCUT2D eigenvalue weighted by Gasteiger charge is 2.09. The van der Waals surface area contributed by atoms with Gasteiger partial charge in [0.2, 0.25) is 0 Å². The molecule has 0 radical (unpaired) electrons. The van der Waals surface area contributed by atoms with Gasteiger partial charge in [0.1, 0.15) is 5.75 Å². The van der Waals surface area contributed by atoms with E-state index in [9.17, 15) is 9.90 Å². The van der Waals surface area contributed by atoms with E-state index < -0.39 is 0 Å². The van der Waals surface area contributed by atoms with Gasteiger partial charge in [0, 0.05) is 6.42 Å². The number of benzene rings is 1. The highest BCUT2D eigenvalue weighted by Crippen LogP contribution is 2.16. The number of aryl methyl sites for hydroxylation is 1. The summed E-state index contributed by atoms with van der Waals surface area (Å²) in [5, 5.41) is 9.32. The highest BCUT2D eigenvalue weighted by molar-refractivity contribution is 5.69. The summed E-state index contributed by atoms with van der Waals surface area (Å²) in [6.45, 7) is 4.30. The van der Waals surface area contributed by atoms with E-state index >= 15 is 0 Å². The third-order valence-electron chi connectivity index (χ3n) is 2.66. The monoisotopic (exact) mass is 236 g/mol. The molecule has 0 saturated carbocycles. The molecule has 1 aromatic rings. The van der Waals surface area contributed by atoms with E-state index in [0.29, 0.717) is 24.7 Å². The number of carbonyl (C=O) groups is 1. The number of phenols is 1. The maximum absolute atomic E-state index is 11.3. The molecule has 1 N–H and O–H groups in total. The maximum atomic E-state index is 11.3. The van der Waals surface area contributed by atoms with E-state index in [4.69, 9.17) is 4.74 Å². The lowest BCUT2D eigenvalue weighted by molar-refractivity contribution is -0.144. The lowest BCUT2D eigenvalue weighted by atomic mass is 9.98. The fourth-order valence-electron chi connectivity index (χ4n) is 1.73. The molecule has 3 nitrogen and oxygen atoms in total. The van der Waals surface area contributed by atoms with Gasteiger partial charge in [-0.1, -0.05) is 19.1 Å². The highest BCUT2D eigenvalue weighted by atomic mass is 16.5. The minimum atomic E-state index is -0.129. The fraction of sp³-hybridized carbons (Fsp3) is 0.500. The van der Waals surface area contributed by atoms with Gasteiger partial charge >= 0.3 is 5.97 Å². The topological polar surface area (TPSA) is 46.5 Å². The van der Waals surface area contributed by atoms with Crippen molar-refractivity contribution in [3.05, 3.63) is 29.8 Å². The molecular formula is C14H20O3. The average Bonchev–Trinajstić information content (AvgIpc) is 2.27. The van der Waals surface area contributed by atoms with Gasteiger partial charge in [-0.3, -0.25) is 4.79 Å². The van der Waals surface area contributed by atoms with Crippen LogP contribution < -0.4 is 0 Å². The van der Waals surface area contributed by atoms with Crippen molar-refractivity contribution >= 4 is 5.97 Å². The Hall–Kier alpha value is -1.51.